The van der Waals surface area contributed by atoms with Gasteiger partial charge in [0.25, 0.3) is 5.91 Å². The Bertz CT molecular complexity index is 862. The summed E-state index contributed by atoms with van der Waals surface area (Å²) in [4.78, 5) is 17.6. The van der Waals surface area contributed by atoms with Gasteiger partial charge in [-0.05, 0) is 42.6 Å². The number of carbonyl (C=O) groups excluding carboxylic acids is 1. The van der Waals surface area contributed by atoms with Gasteiger partial charge in [0, 0.05) is 13.1 Å². The molecule has 26 heavy (non-hydrogen) atoms. The van der Waals surface area contributed by atoms with Crippen molar-refractivity contribution in [3.05, 3.63) is 53.4 Å². The van der Waals surface area contributed by atoms with Crippen molar-refractivity contribution in [2.24, 2.45) is 0 Å². The Kier molecular flexibility index (Phi) is 6.08. The van der Waals surface area contributed by atoms with E-state index in [9.17, 15) is 9.18 Å². The van der Waals surface area contributed by atoms with Gasteiger partial charge in [0.05, 0.1) is 10.6 Å². The fourth-order valence-electron chi connectivity index (χ4n) is 2.41. The third-order valence-electron chi connectivity index (χ3n) is 3.62. The topological polar surface area (TPSA) is 71.8 Å². The summed E-state index contributed by atoms with van der Waals surface area (Å²) in [5.41, 5.74) is 0.518. The lowest BCUT2D eigenvalue weighted by molar-refractivity contribution is 0.0943. The number of halogens is 1. The van der Waals surface area contributed by atoms with Gasteiger partial charge in [-0.25, -0.2) is 14.1 Å². The standard InChI is InChI=1S/C18H20FN5OS/c1-2-8-20-9-10-21-18(25)16-22-17(15-7-4-11-26-15)24(23-16)14-6-3-5-13(19)12-14/h3-7,11-12,20H,2,8-10H2,1H3,(H,21,25). The number of amides is 1. The van der Waals surface area contributed by atoms with Gasteiger partial charge in [0.2, 0.25) is 5.82 Å². The van der Waals surface area contributed by atoms with Crippen LogP contribution in [0.2, 0.25) is 0 Å². The van der Waals surface area contributed by atoms with Crippen molar-refractivity contribution in [3.8, 4) is 16.4 Å². The Morgan fingerprint density at radius 3 is 2.85 bits per heavy atom. The van der Waals surface area contributed by atoms with Crippen molar-refractivity contribution in [2.45, 2.75) is 13.3 Å². The molecule has 0 unspecified atom stereocenters. The summed E-state index contributed by atoms with van der Waals surface area (Å²) < 4.78 is 15.1. The molecular weight excluding hydrogens is 353 g/mol. The van der Waals surface area contributed by atoms with E-state index in [1.54, 1.807) is 12.1 Å². The average molecular weight is 373 g/mol. The normalized spacial score (nSPS) is 10.8. The summed E-state index contributed by atoms with van der Waals surface area (Å²) in [7, 11) is 0. The second-order valence-electron chi connectivity index (χ2n) is 5.63. The highest BCUT2D eigenvalue weighted by molar-refractivity contribution is 7.13. The van der Waals surface area contributed by atoms with E-state index in [1.165, 1.54) is 28.2 Å². The fourth-order valence-corrected chi connectivity index (χ4v) is 3.11. The van der Waals surface area contributed by atoms with Crippen LogP contribution in [0.5, 0.6) is 0 Å². The van der Waals surface area contributed by atoms with Crippen LogP contribution in [0.25, 0.3) is 16.4 Å². The first kappa shape index (κ1) is 18.2. The average Bonchev–Trinajstić information content (AvgIpc) is 3.31. The molecule has 0 bridgehead atoms. The quantitative estimate of drug-likeness (QED) is 0.596. The number of rotatable bonds is 8. The Balaban J connectivity index is 1.84. The van der Waals surface area contributed by atoms with Gasteiger partial charge in [-0.3, -0.25) is 4.79 Å². The largest absolute Gasteiger partial charge is 0.348 e. The van der Waals surface area contributed by atoms with Crippen molar-refractivity contribution in [1.82, 2.24) is 25.4 Å². The molecule has 0 aliphatic carbocycles. The molecule has 0 radical (unpaired) electrons. The zero-order chi connectivity index (χ0) is 18.4. The van der Waals surface area contributed by atoms with E-state index in [2.05, 4.69) is 27.6 Å². The molecule has 2 aromatic heterocycles. The van der Waals surface area contributed by atoms with E-state index >= 15 is 0 Å². The molecule has 0 atom stereocenters. The van der Waals surface area contributed by atoms with Gasteiger partial charge in [-0.1, -0.05) is 19.1 Å². The first-order valence-electron chi connectivity index (χ1n) is 8.45. The van der Waals surface area contributed by atoms with Crippen molar-refractivity contribution in [1.29, 1.82) is 0 Å². The summed E-state index contributed by atoms with van der Waals surface area (Å²) in [6, 6.07) is 9.84. The Morgan fingerprint density at radius 1 is 1.23 bits per heavy atom. The van der Waals surface area contributed by atoms with E-state index in [0.717, 1.165) is 17.8 Å². The monoisotopic (exact) mass is 373 g/mol. The van der Waals surface area contributed by atoms with Crippen molar-refractivity contribution in [3.63, 3.8) is 0 Å². The minimum atomic E-state index is -0.372. The van der Waals surface area contributed by atoms with Crippen LogP contribution < -0.4 is 10.6 Å². The molecule has 0 aliphatic heterocycles. The zero-order valence-corrected chi connectivity index (χ0v) is 15.2. The summed E-state index contributed by atoms with van der Waals surface area (Å²) in [5.74, 6) is -0.146. The number of nitrogens with zero attached hydrogens (tertiary/aromatic N) is 3. The first-order valence-corrected chi connectivity index (χ1v) is 9.33. The molecule has 3 rings (SSSR count). The third-order valence-corrected chi connectivity index (χ3v) is 4.48. The van der Waals surface area contributed by atoms with Crippen LogP contribution in [0, 0.1) is 5.82 Å². The maximum atomic E-state index is 13.6. The SMILES string of the molecule is CCCNCCNC(=O)c1nc(-c2cccs2)n(-c2cccc(F)c2)n1. The van der Waals surface area contributed by atoms with Crippen molar-refractivity contribution >= 4 is 17.2 Å². The number of carbonyl (C=O) groups is 1. The van der Waals surface area contributed by atoms with Crippen molar-refractivity contribution < 1.29 is 9.18 Å². The van der Waals surface area contributed by atoms with Gasteiger partial charge < -0.3 is 10.6 Å². The second-order valence-corrected chi connectivity index (χ2v) is 6.58. The summed E-state index contributed by atoms with van der Waals surface area (Å²) in [6.45, 7) is 4.16. The molecule has 0 spiro atoms. The maximum absolute atomic E-state index is 13.6. The molecule has 6 nitrogen and oxygen atoms in total. The highest BCUT2D eigenvalue weighted by atomic mass is 32.1. The predicted molar refractivity (Wildman–Crippen MR) is 100 cm³/mol. The highest BCUT2D eigenvalue weighted by Gasteiger charge is 2.19. The minimum Gasteiger partial charge on any atom is -0.348 e. The van der Waals surface area contributed by atoms with E-state index in [4.69, 9.17) is 0 Å². The smallest absolute Gasteiger partial charge is 0.291 e. The molecule has 0 saturated heterocycles. The third kappa shape index (κ3) is 4.33. The molecule has 8 heteroatoms. The minimum absolute atomic E-state index is 0.0631. The van der Waals surface area contributed by atoms with Crippen LogP contribution >= 0.6 is 11.3 Å². The summed E-state index contributed by atoms with van der Waals surface area (Å²) in [6.07, 6.45) is 1.04. The molecule has 1 amide bonds. The molecule has 0 fully saturated rings. The summed E-state index contributed by atoms with van der Waals surface area (Å²) >= 11 is 1.48. The van der Waals surface area contributed by atoms with Crippen LogP contribution in [0.4, 0.5) is 4.39 Å². The lowest BCUT2D eigenvalue weighted by Crippen LogP contribution is -2.32. The number of thiophene rings is 1. The Labute approximate surface area is 155 Å². The second kappa shape index (κ2) is 8.68. The van der Waals surface area contributed by atoms with Crippen LogP contribution in [0.3, 0.4) is 0 Å². The molecule has 2 N–H and O–H groups in total. The summed E-state index contributed by atoms with van der Waals surface area (Å²) in [5, 5.41) is 12.2. The number of hydrogen-bond donors (Lipinski definition) is 2. The fraction of sp³-hybridized carbons (Fsp3) is 0.278. The van der Waals surface area contributed by atoms with Crippen LogP contribution in [-0.2, 0) is 0 Å². The van der Waals surface area contributed by atoms with E-state index in [0.29, 0.717) is 24.6 Å². The van der Waals surface area contributed by atoms with Gasteiger partial charge >= 0.3 is 0 Å². The van der Waals surface area contributed by atoms with E-state index in [-0.39, 0.29) is 17.5 Å². The first-order chi connectivity index (χ1) is 12.7. The Hall–Kier alpha value is -2.58. The van der Waals surface area contributed by atoms with E-state index in [1.807, 2.05) is 17.5 Å². The van der Waals surface area contributed by atoms with Gasteiger partial charge in [0.1, 0.15) is 5.82 Å². The van der Waals surface area contributed by atoms with E-state index < -0.39 is 0 Å². The molecule has 136 valence electrons. The molecule has 0 aliphatic rings. The van der Waals surface area contributed by atoms with Gasteiger partial charge in [-0.2, -0.15) is 0 Å². The van der Waals surface area contributed by atoms with Crippen LogP contribution in [0.1, 0.15) is 24.0 Å². The number of benzene rings is 1. The molecular formula is C18H20FN5OS. The zero-order valence-electron chi connectivity index (χ0n) is 14.4. The van der Waals surface area contributed by atoms with Crippen LogP contribution in [0.15, 0.2) is 41.8 Å². The molecule has 3 aromatic rings. The number of hydrogen-bond acceptors (Lipinski definition) is 5. The maximum Gasteiger partial charge on any atom is 0.291 e. The molecule has 2 heterocycles. The molecule has 1 aromatic carbocycles. The molecule has 0 saturated carbocycles. The van der Waals surface area contributed by atoms with Gasteiger partial charge in [-0.15, -0.1) is 16.4 Å². The Morgan fingerprint density at radius 2 is 2.12 bits per heavy atom. The number of nitrogens with one attached hydrogen (secondary N) is 2. The van der Waals surface area contributed by atoms with Crippen molar-refractivity contribution in [2.75, 3.05) is 19.6 Å². The number of aromatic nitrogens is 3. The van der Waals surface area contributed by atoms with Gasteiger partial charge in [0.15, 0.2) is 5.82 Å². The predicted octanol–water partition coefficient (Wildman–Crippen LogP) is 2.86. The highest BCUT2D eigenvalue weighted by Crippen LogP contribution is 2.25. The lowest BCUT2D eigenvalue weighted by atomic mass is 10.3. The van der Waals surface area contributed by atoms with Crippen LogP contribution in [-0.4, -0.2) is 40.3 Å². The lowest BCUT2D eigenvalue weighted by Gasteiger charge is -2.04.